The van der Waals surface area contributed by atoms with Gasteiger partial charge in [-0.15, -0.1) is 0 Å². The molecule has 30 heavy (non-hydrogen) atoms. The molecule has 1 aromatic heterocycles. The lowest BCUT2D eigenvalue weighted by Gasteiger charge is -2.17. The van der Waals surface area contributed by atoms with Gasteiger partial charge in [-0.25, -0.2) is 4.98 Å². The molecule has 0 bridgehead atoms. The zero-order valence-electron chi connectivity index (χ0n) is 16.6. The van der Waals surface area contributed by atoms with Gasteiger partial charge in [-0.3, -0.25) is 9.59 Å². The topological polar surface area (TPSA) is 86.1 Å². The monoisotopic (exact) mass is 396 g/mol. The van der Waals surface area contributed by atoms with Crippen molar-refractivity contribution in [3.63, 3.8) is 0 Å². The summed E-state index contributed by atoms with van der Waals surface area (Å²) in [5.41, 5.74) is 4.34. The molecule has 3 heterocycles. The number of aromatic nitrogens is 1. The Morgan fingerprint density at radius 1 is 1.17 bits per heavy atom. The van der Waals surface area contributed by atoms with Gasteiger partial charge in [0.05, 0.1) is 22.8 Å². The standard InChI is InChI=1S/C24H20N4O2/c1-14-18-4-2-3-5-20(18)27-23(19(14)11-25)15-6-8-16(9-7-15)24(30)28-12-17-10-22(29)26-21(17)13-28/h2-9,17,21H,10,12-13H2,1H3,(H,26,29)/t17-,21+/m0/s1. The third kappa shape index (κ3) is 2.91. The van der Waals surface area contributed by atoms with Crippen molar-refractivity contribution < 1.29 is 9.59 Å². The van der Waals surface area contributed by atoms with Crippen molar-refractivity contribution in [3.8, 4) is 17.3 Å². The molecular formula is C24H20N4O2. The third-order valence-electron chi connectivity index (χ3n) is 6.19. The Bertz CT molecular complexity index is 1210. The first-order valence-corrected chi connectivity index (χ1v) is 10.0. The van der Waals surface area contributed by atoms with Crippen LogP contribution in [0, 0.1) is 24.2 Å². The highest BCUT2D eigenvalue weighted by molar-refractivity contribution is 5.95. The number of para-hydroxylation sites is 1. The third-order valence-corrected chi connectivity index (χ3v) is 6.19. The van der Waals surface area contributed by atoms with E-state index in [-0.39, 0.29) is 23.8 Å². The Hall–Kier alpha value is -3.72. The van der Waals surface area contributed by atoms with Crippen LogP contribution in [-0.2, 0) is 4.79 Å². The second kappa shape index (κ2) is 6.96. The number of nitrogens with one attached hydrogen (secondary N) is 1. The molecule has 2 amide bonds. The minimum Gasteiger partial charge on any atom is -0.351 e. The molecule has 0 aliphatic carbocycles. The largest absolute Gasteiger partial charge is 0.351 e. The molecule has 0 spiro atoms. The van der Waals surface area contributed by atoms with E-state index in [0.717, 1.165) is 22.0 Å². The van der Waals surface area contributed by atoms with Crippen molar-refractivity contribution in [2.75, 3.05) is 13.1 Å². The molecule has 6 nitrogen and oxygen atoms in total. The Balaban J connectivity index is 1.44. The van der Waals surface area contributed by atoms with E-state index < -0.39 is 0 Å². The van der Waals surface area contributed by atoms with Crippen molar-refractivity contribution in [2.24, 2.45) is 5.92 Å². The summed E-state index contributed by atoms with van der Waals surface area (Å²) in [6, 6.07) is 17.4. The van der Waals surface area contributed by atoms with Gasteiger partial charge < -0.3 is 10.2 Å². The van der Waals surface area contributed by atoms with Crippen molar-refractivity contribution in [1.82, 2.24) is 15.2 Å². The molecule has 2 aliphatic rings. The van der Waals surface area contributed by atoms with Gasteiger partial charge in [-0.05, 0) is 30.7 Å². The number of carbonyl (C=O) groups is 2. The number of hydrogen-bond donors (Lipinski definition) is 1. The Morgan fingerprint density at radius 2 is 1.93 bits per heavy atom. The summed E-state index contributed by atoms with van der Waals surface area (Å²) in [7, 11) is 0. The number of aryl methyl sites for hydroxylation is 1. The first-order valence-electron chi connectivity index (χ1n) is 10.0. The highest BCUT2D eigenvalue weighted by Gasteiger charge is 2.41. The van der Waals surface area contributed by atoms with Crippen LogP contribution in [-0.4, -0.2) is 40.8 Å². The minimum absolute atomic E-state index is 0.0339. The SMILES string of the molecule is Cc1c(C#N)c(-c2ccc(C(=O)N3C[C@@H]4CC(=O)N[C@@H]4C3)cc2)nc2ccccc12. The van der Waals surface area contributed by atoms with E-state index in [1.54, 1.807) is 12.1 Å². The number of fused-ring (bicyclic) bond motifs is 2. The number of nitriles is 1. The molecule has 2 atom stereocenters. The van der Waals surface area contributed by atoms with Gasteiger partial charge in [0.15, 0.2) is 0 Å². The maximum absolute atomic E-state index is 12.9. The number of likely N-dealkylation sites (tertiary alicyclic amines) is 1. The average Bonchev–Trinajstić information content (AvgIpc) is 3.31. The second-order valence-corrected chi connectivity index (χ2v) is 8.02. The van der Waals surface area contributed by atoms with Gasteiger partial charge in [-0.2, -0.15) is 5.26 Å². The molecule has 5 rings (SSSR count). The van der Waals surface area contributed by atoms with Gasteiger partial charge in [0.1, 0.15) is 6.07 Å². The Kier molecular flexibility index (Phi) is 4.25. The number of benzene rings is 2. The first-order chi connectivity index (χ1) is 14.5. The van der Waals surface area contributed by atoms with Crippen LogP contribution in [0.1, 0.15) is 27.9 Å². The zero-order valence-corrected chi connectivity index (χ0v) is 16.6. The van der Waals surface area contributed by atoms with Crippen LogP contribution < -0.4 is 5.32 Å². The lowest BCUT2D eigenvalue weighted by molar-refractivity contribution is -0.119. The maximum atomic E-state index is 12.9. The molecule has 0 saturated carbocycles. The van der Waals surface area contributed by atoms with E-state index in [9.17, 15) is 14.9 Å². The molecule has 3 aromatic rings. The zero-order chi connectivity index (χ0) is 20.8. The van der Waals surface area contributed by atoms with E-state index in [4.69, 9.17) is 4.98 Å². The number of pyridine rings is 1. The van der Waals surface area contributed by atoms with Crippen LogP contribution in [0.4, 0.5) is 0 Å². The van der Waals surface area contributed by atoms with Crippen molar-refractivity contribution >= 4 is 22.7 Å². The van der Waals surface area contributed by atoms with Crippen molar-refractivity contribution in [1.29, 1.82) is 5.26 Å². The molecule has 2 fully saturated rings. The quantitative estimate of drug-likeness (QED) is 0.721. The van der Waals surface area contributed by atoms with E-state index in [2.05, 4.69) is 11.4 Å². The Morgan fingerprint density at radius 3 is 2.67 bits per heavy atom. The van der Waals surface area contributed by atoms with Crippen molar-refractivity contribution in [2.45, 2.75) is 19.4 Å². The van der Waals surface area contributed by atoms with Crippen LogP contribution in [0.3, 0.4) is 0 Å². The lowest BCUT2D eigenvalue weighted by Crippen LogP contribution is -2.35. The molecule has 6 heteroatoms. The number of rotatable bonds is 2. The minimum atomic E-state index is -0.0339. The number of amides is 2. The molecule has 0 radical (unpaired) electrons. The molecule has 2 saturated heterocycles. The summed E-state index contributed by atoms with van der Waals surface area (Å²) in [5.74, 6) is 0.255. The lowest BCUT2D eigenvalue weighted by atomic mass is 9.98. The van der Waals surface area contributed by atoms with Crippen LogP contribution in [0.25, 0.3) is 22.2 Å². The summed E-state index contributed by atoms with van der Waals surface area (Å²) in [5, 5.41) is 13.6. The summed E-state index contributed by atoms with van der Waals surface area (Å²) >= 11 is 0. The fourth-order valence-electron chi connectivity index (χ4n) is 4.59. The van der Waals surface area contributed by atoms with Crippen molar-refractivity contribution in [3.05, 3.63) is 65.2 Å². The first kappa shape index (κ1) is 18.3. The van der Waals surface area contributed by atoms with E-state index in [0.29, 0.717) is 36.3 Å². The predicted molar refractivity (Wildman–Crippen MR) is 113 cm³/mol. The van der Waals surface area contributed by atoms with Gasteiger partial charge >= 0.3 is 0 Å². The molecular weight excluding hydrogens is 376 g/mol. The van der Waals surface area contributed by atoms with Gasteiger partial charge in [0, 0.05) is 41.9 Å². The smallest absolute Gasteiger partial charge is 0.253 e. The highest BCUT2D eigenvalue weighted by atomic mass is 16.2. The molecule has 2 aliphatic heterocycles. The molecule has 0 unspecified atom stereocenters. The molecule has 148 valence electrons. The summed E-state index contributed by atoms with van der Waals surface area (Å²) in [6.45, 7) is 3.10. The van der Waals surface area contributed by atoms with Crippen LogP contribution in [0.5, 0.6) is 0 Å². The Labute approximate surface area is 174 Å². The van der Waals surface area contributed by atoms with E-state index in [1.165, 1.54) is 0 Å². The van der Waals surface area contributed by atoms with Gasteiger partial charge in [0.2, 0.25) is 5.91 Å². The number of nitrogens with zero attached hydrogens (tertiary/aromatic N) is 3. The second-order valence-electron chi connectivity index (χ2n) is 8.02. The average molecular weight is 396 g/mol. The summed E-state index contributed by atoms with van der Waals surface area (Å²) in [6.07, 6.45) is 0.497. The fourth-order valence-corrected chi connectivity index (χ4v) is 4.59. The van der Waals surface area contributed by atoms with Crippen LogP contribution in [0.2, 0.25) is 0 Å². The highest BCUT2D eigenvalue weighted by Crippen LogP contribution is 2.30. The number of hydrogen-bond acceptors (Lipinski definition) is 4. The normalized spacial score (nSPS) is 20.1. The predicted octanol–water partition coefficient (Wildman–Crippen LogP) is 3.04. The maximum Gasteiger partial charge on any atom is 0.253 e. The van der Waals surface area contributed by atoms with Gasteiger partial charge in [0.25, 0.3) is 5.91 Å². The molecule has 2 aromatic carbocycles. The van der Waals surface area contributed by atoms with E-state index >= 15 is 0 Å². The summed E-state index contributed by atoms with van der Waals surface area (Å²) in [4.78, 5) is 30.9. The van der Waals surface area contributed by atoms with Crippen LogP contribution in [0.15, 0.2) is 48.5 Å². The van der Waals surface area contributed by atoms with Gasteiger partial charge in [-0.1, -0.05) is 30.3 Å². The summed E-state index contributed by atoms with van der Waals surface area (Å²) < 4.78 is 0. The van der Waals surface area contributed by atoms with E-state index in [1.807, 2.05) is 48.2 Å². The number of carbonyl (C=O) groups excluding carboxylic acids is 2. The molecule has 1 N–H and O–H groups in total. The fraction of sp³-hybridized carbons (Fsp3) is 0.250. The van der Waals surface area contributed by atoms with Crippen LogP contribution >= 0.6 is 0 Å².